The van der Waals surface area contributed by atoms with E-state index in [0.29, 0.717) is 11.7 Å². The van der Waals surface area contributed by atoms with Crippen LogP contribution >= 0.6 is 22.6 Å². The normalized spacial score (nSPS) is 18.6. The van der Waals surface area contributed by atoms with Crippen LogP contribution < -0.4 is 5.73 Å². The molecule has 2 rings (SSSR count). The molecule has 70 valence electrons. The molecule has 1 saturated carbocycles. The molecule has 0 bridgehead atoms. The fourth-order valence-corrected chi connectivity index (χ4v) is 2.02. The van der Waals surface area contributed by atoms with Gasteiger partial charge in [0.05, 0.1) is 0 Å². The van der Waals surface area contributed by atoms with Gasteiger partial charge in [-0.2, -0.15) is 0 Å². The molecule has 1 aliphatic rings. The van der Waals surface area contributed by atoms with Crippen LogP contribution in [0, 0.1) is 9.49 Å². The monoisotopic (exact) mass is 289 g/mol. The Morgan fingerprint density at radius 1 is 1.46 bits per heavy atom. The molecule has 3 heteroatoms. The van der Waals surface area contributed by atoms with Crippen molar-refractivity contribution in [3.63, 3.8) is 0 Å². The van der Waals surface area contributed by atoms with Gasteiger partial charge in [0.25, 0.3) is 0 Å². The van der Waals surface area contributed by atoms with Gasteiger partial charge < -0.3 is 10.8 Å². The molecule has 0 spiro atoms. The third kappa shape index (κ3) is 1.96. The summed E-state index contributed by atoms with van der Waals surface area (Å²) in [6.07, 6.45) is 2.40. The Hall–Kier alpha value is -0.290. The smallest absolute Gasteiger partial charge is 0.120 e. The van der Waals surface area contributed by atoms with Gasteiger partial charge in [-0.3, -0.25) is 0 Å². The van der Waals surface area contributed by atoms with Gasteiger partial charge in [-0.25, -0.2) is 0 Å². The maximum atomic E-state index is 9.60. The van der Waals surface area contributed by atoms with E-state index in [-0.39, 0.29) is 6.04 Å². The second-order valence-electron chi connectivity index (χ2n) is 3.57. The molecule has 1 fully saturated rings. The van der Waals surface area contributed by atoms with Crippen molar-refractivity contribution >= 4 is 22.6 Å². The van der Waals surface area contributed by atoms with Crippen molar-refractivity contribution in [1.29, 1.82) is 0 Å². The molecular formula is C10H12INO. The van der Waals surface area contributed by atoms with Gasteiger partial charge in [-0.15, -0.1) is 0 Å². The molecule has 1 aromatic rings. The predicted molar refractivity (Wildman–Crippen MR) is 60.5 cm³/mol. The molecule has 0 radical (unpaired) electrons. The average Bonchev–Trinajstić information content (AvgIpc) is 2.91. The Bertz CT molecular complexity index is 323. The number of hydrogen-bond donors (Lipinski definition) is 2. The highest BCUT2D eigenvalue weighted by molar-refractivity contribution is 14.1. The fraction of sp³-hybridized carbons (Fsp3) is 0.400. The first-order valence-electron chi connectivity index (χ1n) is 4.42. The highest BCUT2D eigenvalue weighted by Crippen LogP contribution is 2.42. The first kappa shape index (κ1) is 9.27. The molecule has 0 aromatic heterocycles. The Morgan fingerprint density at radius 3 is 2.77 bits per heavy atom. The van der Waals surface area contributed by atoms with Crippen LogP contribution in [0.1, 0.15) is 24.4 Å². The summed E-state index contributed by atoms with van der Waals surface area (Å²) in [7, 11) is 0. The van der Waals surface area contributed by atoms with Crippen molar-refractivity contribution in [3.8, 4) is 5.75 Å². The quantitative estimate of drug-likeness (QED) is 0.821. The second-order valence-corrected chi connectivity index (χ2v) is 4.81. The van der Waals surface area contributed by atoms with Gasteiger partial charge in [-0.1, -0.05) is 0 Å². The maximum absolute atomic E-state index is 9.60. The molecule has 0 saturated heterocycles. The highest BCUT2D eigenvalue weighted by Gasteiger charge is 2.30. The molecule has 1 atom stereocenters. The maximum Gasteiger partial charge on any atom is 0.120 e. The van der Waals surface area contributed by atoms with E-state index in [4.69, 9.17) is 5.73 Å². The molecule has 1 aromatic carbocycles. The van der Waals surface area contributed by atoms with Crippen molar-refractivity contribution in [3.05, 3.63) is 27.3 Å². The average molecular weight is 289 g/mol. The lowest BCUT2D eigenvalue weighted by Crippen LogP contribution is -2.12. The number of aromatic hydroxyl groups is 1. The highest BCUT2D eigenvalue weighted by atomic mass is 127. The van der Waals surface area contributed by atoms with Gasteiger partial charge in [0.15, 0.2) is 0 Å². The topological polar surface area (TPSA) is 46.2 Å². The third-order valence-corrected chi connectivity index (χ3v) is 3.15. The van der Waals surface area contributed by atoms with E-state index in [0.717, 1.165) is 9.13 Å². The molecule has 1 aliphatic carbocycles. The summed E-state index contributed by atoms with van der Waals surface area (Å²) in [5.41, 5.74) is 6.90. The molecular weight excluding hydrogens is 277 g/mol. The lowest BCUT2D eigenvalue weighted by atomic mass is 10.0. The van der Waals surface area contributed by atoms with Crippen molar-refractivity contribution in [2.75, 3.05) is 0 Å². The number of benzene rings is 1. The van der Waals surface area contributed by atoms with Crippen LogP contribution in [0.25, 0.3) is 0 Å². The van der Waals surface area contributed by atoms with Crippen LogP contribution in [-0.4, -0.2) is 5.11 Å². The first-order valence-corrected chi connectivity index (χ1v) is 5.50. The van der Waals surface area contributed by atoms with Crippen LogP contribution in [0.4, 0.5) is 0 Å². The van der Waals surface area contributed by atoms with E-state index in [1.807, 2.05) is 12.1 Å². The lowest BCUT2D eigenvalue weighted by molar-refractivity contribution is 0.456. The van der Waals surface area contributed by atoms with Gasteiger partial charge in [0, 0.05) is 15.2 Å². The Morgan fingerprint density at radius 2 is 2.15 bits per heavy atom. The summed E-state index contributed by atoms with van der Waals surface area (Å²) in [5.74, 6) is 0.920. The molecule has 0 heterocycles. The lowest BCUT2D eigenvalue weighted by Gasteiger charge is -2.12. The van der Waals surface area contributed by atoms with Gasteiger partial charge in [-0.05, 0) is 59.5 Å². The van der Waals surface area contributed by atoms with Crippen LogP contribution in [0.3, 0.4) is 0 Å². The summed E-state index contributed by atoms with van der Waals surface area (Å²) in [6, 6.07) is 5.60. The van der Waals surface area contributed by atoms with Crippen LogP contribution in [0.2, 0.25) is 0 Å². The standard InChI is InChI=1S/C10H12INO/c11-7-3-4-9(13)8(5-7)10(12)6-1-2-6/h3-6,10,13H,1-2,12H2/t10-/m1/s1. The SMILES string of the molecule is N[C@@H](c1cc(I)ccc1O)C1CC1. The molecule has 0 unspecified atom stereocenters. The number of halogens is 1. The Labute approximate surface area is 91.3 Å². The summed E-state index contributed by atoms with van der Waals surface area (Å²) >= 11 is 2.23. The summed E-state index contributed by atoms with van der Waals surface area (Å²) in [6.45, 7) is 0. The van der Waals surface area contributed by atoms with Crippen molar-refractivity contribution in [1.82, 2.24) is 0 Å². The summed E-state index contributed by atoms with van der Waals surface area (Å²) in [5, 5.41) is 9.60. The summed E-state index contributed by atoms with van der Waals surface area (Å²) in [4.78, 5) is 0. The predicted octanol–water partition coefficient (Wildman–Crippen LogP) is 2.41. The number of phenolic OH excluding ortho intramolecular Hbond substituents is 1. The zero-order valence-electron chi connectivity index (χ0n) is 7.20. The van der Waals surface area contributed by atoms with E-state index in [1.54, 1.807) is 6.07 Å². The third-order valence-electron chi connectivity index (χ3n) is 2.48. The number of nitrogens with two attached hydrogens (primary N) is 1. The van der Waals surface area contributed by atoms with Crippen LogP contribution in [0.5, 0.6) is 5.75 Å². The van der Waals surface area contributed by atoms with Gasteiger partial charge in [0.2, 0.25) is 0 Å². The minimum absolute atomic E-state index is 0.0229. The Kier molecular flexibility index (Phi) is 2.47. The molecule has 2 nitrogen and oxygen atoms in total. The van der Waals surface area contributed by atoms with Gasteiger partial charge in [0.1, 0.15) is 5.75 Å². The number of phenols is 1. The minimum atomic E-state index is 0.0229. The second kappa shape index (κ2) is 3.46. The van der Waals surface area contributed by atoms with Crippen molar-refractivity contribution in [2.24, 2.45) is 11.7 Å². The zero-order valence-corrected chi connectivity index (χ0v) is 9.36. The molecule has 13 heavy (non-hydrogen) atoms. The van der Waals surface area contributed by atoms with Crippen LogP contribution in [-0.2, 0) is 0 Å². The summed E-state index contributed by atoms with van der Waals surface area (Å²) < 4.78 is 1.13. The van der Waals surface area contributed by atoms with Crippen LogP contribution in [0.15, 0.2) is 18.2 Å². The number of rotatable bonds is 2. The van der Waals surface area contributed by atoms with E-state index in [2.05, 4.69) is 22.6 Å². The van der Waals surface area contributed by atoms with Crippen molar-refractivity contribution < 1.29 is 5.11 Å². The van der Waals surface area contributed by atoms with E-state index < -0.39 is 0 Å². The van der Waals surface area contributed by atoms with Gasteiger partial charge >= 0.3 is 0 Å². The minimum Gasteiger partial charge on any atom is -0.508 e. The van der Waals surface area contributed by atoms with E-state index in [9.17, 15) is 5.11 Å². The molecule has 0 amide bonds. The largest absolute Gasteiger partial charge is 0.508 e. The number of hydrogen-bond acceptors (Lipinski definition) is 2. The van der Waals surface area contributed by atoms with E-state index in [1.165, 1.54) is 12.8 Å². The van der Waals surface area contributed by atoms with Crippen molar-refractivity contribution in [2.45, 2.75) is 18.9 Å². The zero-order chi connectivity index (χ0) is 9.42. The Balaban J connectivity index is 2.31. The fourth-order valence-electron chi connectivity index (χ4n) is 1.50. The van der Waals surface area contributed by atoms with E-state index >= 15 is 0 Å². The molecule has 3 N–H and O–H groups in total. The first-order chi connectivity index (χ1) is 6.18. The molecule has 0 aliphatic heterocycles.